The van der Waals surface area contributed by atoms with Crippen molar-refractivity contribution in [1.82, 2.24) is 0 Å². The number of aliphatic imine (C=N–C) groups is 1. The largest absolute Gasteiger partial charge is 0.365 e. The summed E-state index contributed by atoms with van der Waals surface area (Å²) in [6, 6.07) is 12.7. The maximum Gasteiger partial charge on any atom is 0.0630 e. The summed E-state index contributed by atoms with van der Waals surface area (Å²) >= 11 is 6.58. The number of benzene rings is 2. The van der Waals surface area contributed by atoms with E-state index in [2.05, 4.69) is 94.0 Å². The number of anilines is 1. The molecule has 1 atom stereocenters. The normalized spacial score (nSPS) is 17.0. The summed E-state index contributed by atoms with van der Waals surface area (Å²) in [4.78, 5) is 6.92. The highest BCUT2D eigenvalue weighted by Gasteiger charge is 2.29. The summed E-state index contributed by atoms with van der Waals surface area (Å²) in [7, 11) is 2.12. The third kappa shape index (κ3) is 3.96. The van der Waals surface area contributed by atoms with Gasteiger partial charge in [0.2, 0.25) is 0 Å². The van der Waals surface area contributed by atoms with Crippen molar-refractivity contribution in [2.45, 2.75) is 52.5 Å². The van der Waals surface area contributed by atoms with Crippen molar-refractivity contribution < 1.29 is 0 Å². The fourth-order valence-electron chi connectivity index (χ4n) is 3.56. The number of nitrogens with zero attached hydrogens (tertiary/aromatic N) is 2. The van der Waals surface area contributed by atoms with Crippen LogP contribution in [0.25, 0.3) is 5.57 Å². The van der Waals surface area contributed by atoms with E-state index in [0.717, 1.165) is 22.7 Å². The van der Waals surface area contributed by atoms with Gasteiger partial charge in [0.15, 0.2) is 0 Å². The van der Waals surface area contributed by atoms with Crippen LogP contribution in [-0.2, 0) is 0 Å². The van der Waals surface area contributed by atoms with Gasteiger partial charge in [0.05, 0.1) is 16.2 Å². The molecule has 1 heterocycles. The van der Waals surface area contributed by atoms with E-state index >= 15 is 0 Å². The summed E-state index contributed by atoms with van der Waals surface area (Å²) in [6.07, 6.45) is 5.32. The molecule has 3 heteroatoms. The fraction of sp³-hybridized carbons (Fsp3) is 0.375. The number of hydrogen-bond donors (Lipinski definition) is 0. The van der Waals surface area contributed by atoms with Crippen LogP contribution < -0.4 is 4.90 Å². The smallest absolute Gasteiger partial charge is 0.0630 e. The highest BCUT2D eigenvalue weighted by atomic mass is 35.5. The number of halogens is 1. The topological polar surface area (TPSA) is 15.6 Å². The van der Waals surface area contributed by atoms with Gasteiger partial charge < -0.3 is 4.90 Å². The standard InChI is InChI=1S/C24H29ClN2/c1-7-16(2)18-8-10-20(11-9-18)26-15-19-12-21-17(3)14-24(4,5)27(6)23(21)13-22(19)25/h8-16H,7H2,1-6H3. The minimum Gasteiger partial charge on any atom is -0.365 e. The van der Waals surface area contributed by atoms with Crippen molar-refractivity contribution in [2.75, 3.05) is 11.9 Å². The molecule has 3 rings (SSSR count). The van der Waals surface area contributed by atoms with Gasteiger partial charge in [0.25, 0.3) is 0 Å². The van der Waals surface area contributed by atoms with Crippen LogP contribution in [0.4, 0.5) is 11.4 Å². The summed E-state index contributed by atoms with van der Waals surface area (Å²) in [5.74, 6) is 0.578. The Morgan fingerprint density at radius 2 is 1.85 bits per heavy atom. The lowest BCUT2D eigenvalue weighted by atomic mass is 9.88. The lowest BCUT2D eigenvalue weighted by molar-refractivity contribution is 0.598. The van der Waals surface area contributed by atoms with E-state index in [-0.39, 0.29) is 5.54 Å². The van der Waals surface area contributed by atoms with Crippen molar-refractivity contribution in [3.63, 3.8) is 0 Å². The molecule has 0 saturated heterocycles. The molecule has 2 nitrogen and oxygen atoms in total. The minimum atomic E-state index is -0.0204. The van der Waals surface area contributed by atoms with Crippen LogP contribution in [-0.4, -0.2) is 18.8 Å². The zero-order chi connectivity index (χ0) is 19.8. The van der Waals surface area contributed by atoms with Gasteiger partial charge in [-0.05, 0) is 68.5 Å². The Labute approximate surface area is 168 Å². The van der Waals surface area contributed by atoms with E-state index in [0.29, 0.717) is 5.92 Å². The van der Waals surface area contributed by atoms with Gasteiger partial charge in [-0.3, -0.25) is 4.99 Å². The third-order valence-electron chi connectivity index (χ3n) is 5.76. The Kier molecular flexibility index (Phi) is 5.48. The third-order valence-corrected chi connectivity index (χ3v) is 6.09. The SMILES string of the molecule is CCC(C)c1ccc(N=Cc2cc3c(cc2Cl)N(C)C(C)(C)C=C3C)cc1. The Morgan fingerprint density at radius 3 is 2.48 bits per heavy atom. The van der Waals surface area contributed by atoms with Crippen LogP contribution in [0, 0.1) is 0 Å². The number of allylic oxidation sites excluding steroid dienone is 1. The molecule has 0 amide bonds. The van der Waals surface area contributed by atoms with Crippen LogP contribution in [0.5, 0.6) is 0 Å². The van der Waals surface area contributed by atoms with Gasteiger partial charge in [0, 0.05) is 30.1 Å². The predicted molar refractivity (Wildman–Crippen MR) is 120 cm³/mol. The second-order valence-corrected chi connectivity index (χ2v) is 8.50. The van der Waals surface area contributed by atoms with Gasteiger partial charge in [-0.2, -0.15) is 0 Å². The average Bonchev–Trinajstić information content (AvgIpc) is 2.64. The van der Waals surface area contributed by atoms with E-state index < -0.39 is 0 Å². The first-order valence-electron chi connectivity index (χ1n) is 9.64. The van der Waals surface area contributed by atoms with Gasteiger partial charge in [0.1, 0.15) is 0 Å². The predicted octanol–water partition coefficient (Wildman–Crippen LogP) is 7.24. The molecular formula is C24H29ClN2. The van der Waals surface area contributed by atoms with Crippen molar-refractivity contribution in [2.24, 2.45) is 4.99 Å². The summed E-state index contributed by atoms with van der Waals surface area (Å²) in [6.45, 7) is 11.1. The summed E-state index contributed by atoms with van der Waals surface area (Å²) < 4.78 is 0. The summed E-state index contributed by atoms with van der Waals surface area (Å²) in [5.41, 5.74) is 6.89. The molecule has 1 aliphatic rings. The van der Waals surface area contributed by atoms with Crippen LogP contribution >= 0.6 is 11.6 Å². The van der Waals surface area contributed by atoms with E-state index in [9.17, 15) is 0 Å². The molecule has 2 aromatic carbocycles. The van der Waals surface area contributed by atoms with Crippen LogP contribution in [0.3, 0.4) is 0 Å². The molecular weight excluding hydrogens is 352 g/mol. The zero-order valence-electron chi connectivity index (χ0n) is 17.2. The maximum absolute atomic E-state index is 6.58. The molecule has 2 aromatic rings. The quantitative estimate of drug-likeness (QED) is 0.510. The van der Waals surface area contributed by atoms with E-state index in [1.807, 2.05) is 6.21 Å². The zero-order valence-corrected chi connectivity index (χ0v) is 17.9. The number of hydrogen-bond acceptors (Lipinski definition) is 2. The Balaban J connectivity index is 1.91. The van der Waals surface area contributed by atoms with E-state index in [1.165, 1.54) is 22.4 Å². The molecule has 0 aliphatic carbocycles. The van der Waals surface area contributed by atoms with Gasteiger partial charge in [-0.25, -0.2) is 0 Å². The molecule has 0 spiro atoms. The Morgan fingerprint density at radius 1 is 1.19 bits per heavy atom. The number of likely N-dealkylation sites (N-methyl/N-ethyl adjacent to an activating group) is 1. The monoisotopic (exact) mass is 380 g/mol. The van der Waals surface area contributed by atoms with Crippen molar-refractivity contribution in [3.8, 4) is 0 Å². The molecule has 0 radical (unpaired) electrons. The van der Waals surface area contributed by atoms with Gasteiger partial charge >= 0.3 is 0 Å². The first-order chi connectivity index (χ1) is 12.7. The number of rotatable bonds is 4. The van der Waals surface area contributed by atoms with E-state index in [1.54, 1.807) is 0 Å². The molecule has 142 valence electrons. The molecule has 1 aliphatic heterocycles. The van der Waals surface area contributed by atoms with Crippen molar-refractivity contribution in [1.29, 1.82) is 0 Å². The first kappa shape index (κ1) is 19.7. The molecule has 1 unspecified atom stereocenters. The Bertz CT molecular complexity index is 891. The summed E-state index contributed by atoms with van der Waals surface area (Å²) in [5, 5.41) is 0.728. The lowest BCUT2D eigenvalue weighted by Crippen LogP contribution is -2.42. The Hall–Kier alpha value is -2.06. The molecule has 0 aromatic heterocycles. The van der Waals surface area contributed by atoms with Gasteiger partial charge in [-0.15, -0.1) is 0 Å². The van der Waals surface area contributed by atoms with Crippen LogP contribution in [0.15, 0.2) is 47.5 Å². The van der Waals surface area contributed by atoms with Crippen molar-refractivity contribution in [3.05, 3.63) is 64.2 Å². The van der Waals surface area contributed by atoms with Crippen LogP contribution in [0.1, 0.15) is 63.6 Å². The minimum absolute atomic E-state index is 0.0204. The average molecular weight is 381 g/mol. The molecule has 0 bridgehead atoms. The molecule has 0 fully saturated rings. The highest BCUT2D eigenvalue weighted by Crippen LogP contribution is 2.40. The second kappa shape index (κ2) is 7.52. The second-order valence-electron chi connectivity index (χ2n) is 8.09. The van der Waals surface area contributed by atoms with Crippen LogP contribution in [0.2, 0.25) is 5.02 Å². The maximum atomic E-state index is 6.58. The lowest BCUT2D eigenvalue weighted by Gasteiger charge is -2.40. The number of fused-ring (bicyclic) bond motifs is 1. The highest BCUT2D eigenvalue weighted by molar-refractivity contribution is 6.33. The van der Waals surface area contributed by atoms with Gasteiger partial charge in [-0.1, -0.05) is 43.7 Å². The fourth-order valence-corrected chi connectivity index (χ4v) is 3.76. The molecule has 0 saturated carbocycles. The first-order valence-corrected chi connectivity index (χ1v) is 10.0. The van der Waals surface area contributed by atoms with Crippen molar-refractivity contribution >= 4 is 34.8 Å². The van der Waals surface area contributed by atoms with E-state index in [4.69, 9.17) is 11.6 Å². The molecule has 0 N–H and O–H groups in total. The molecule has 27 heavy (non-hydrogen) atoms.